The normalized spacial score (nSPS) is 14.9. The van der Waals surface area contributed by atoms with Crippen LogP contribution in [0.15, 0.2) is 40.5 Å². The number of rotatable bonds is 3. The maximum absolute atomic E-state index is 6.18. The van der Waals surface area contributed by atoms with E-state index in [2.05, 4.69) is 24.8 Å². The van der Waals surface area contributed by atoms with E-state index in [0.29, 0.717) is 29.3 Å². The van der Waals surface area contributed by atoms with Crippen LogP contribution in [0.3, 0.4) is 0 Å². The Morgan fingerprint density at radius 1 is 0.960 bits per heavy atom. The Morgan fingerprint density at radius 3 is 2.48 bits per heavy atom. The molecule has 0 atom stereocenters. The molecule has 1 aliphatic heterocycles. The van der Waals surface area contributed by atoms with Crippen LogP contribution in [0.4, 0.5) is 5.82 Å². The van der Waals surface area contributed by atoms with Crippen molar-refractivity contribution in [3.05, 3.63) is 40.9 Å². The minimum atomic E-state index is 0.182. The van der Waals surface area contributed by atoms with Gasteiger partial charge in [0, 0.05) is 23.0 Å². The summed E-state index contributed by atoms with van der Waals surface area (Å²) in [5, 5.41) is 1.60. The highest BCUT2D eigenvalue weighted by Gasteiger charge is 2.20. The van der Waals surface area contributed by atoms with Crippen LogP contribution in [0.25, 0.3) is 11.0 Å². The summed E-state index contributed by atoms with van der Waals surface area (Å²) < 4.78 is 5.41. The van der Waals surface area contributed by atoms with Crippen LogP contribution in [0, 0.1) is 0 Å². The minimum absolute atomic E-state index is 0.182. The zero-order chi connectivity index (χ0) is 17.2. The molecule has 3 heterocycles. The van der Waals surface area contributed by atoms with Gasteiger partial charge in [0.25, 0.3) is 0 Å². The molecule has 0 bridgehead atoms. The molecule has 25 heavy (non-hydrogen) atoms. The number of nitrogens with zero attached hydrogens (tertiary/aromatic N) is 5. The van der Waals surface area contributed by atoms with E-state index in [1.54, 1.807) is 0 Å². The van der Waals surface area contributed by atoms with Gasteiger partial charge in [-0.25, -0.2) is 15.0 Å². The molecule has 0 radical (unpaired) electrons. The van der Waals surface area contributed by atoms with Gasteiger partial charge in [-0.3, -0.25) is 0 Å². The molecule has 128 valence electrons. The summed E-state index contributed by atoms with van der Waals surface area (Å²) in [7, 11) is 0. The van der Waals surface area contributed by atoms with Crippen molar-refractivity contribution in [2.75, 3.05) is 31.2 Å². The first-order valence-electron chi connectivity index (χ1n) is 7.65. The Balaban J connectivity index is 1.78. The van der Waals surface area contributed by atoms with Gasteiger partial charge in [-0.05, 0) is 35.9 Å². The molecule has 4 rings (SSSR count). The number of fused-ring (bicyclic) bond motifs is 1. The maximum atomic E-state index is 6.18. The van der Waals surface area contributed by atoms with Gasteiger partial charge in [0.2, 0.25) is 5.28 Å². The van der Waals surface area contributed by atoms with E-state index in [9.17, 15) is 0 Å². The van der Waals surface area contributed by atoms with Crippen LogP contribution < -0.4 is 4.90 Å². The first-order valence-corrected chi connectivity index (χ1v) is 9.22. The molecule has 0 N–H and O–H groups in total. The first-order chi connectivity index (χ1) is 12.2. The second-order valence-electron chi connectivity index (χ2n) is 5.35. The highest BCUT2D eigenvalue weighted by Crippen LogP contribution is 2.34. The van der Waals surface area contributed by atoms with Crippen molar-refractivity contribution < 1.29 is 4.74 Å². The van der Waals surface area contributed by atoms with Crippen molar-refractivity contribution in [2.45, 2.75) is 9.92 Å². The van der Waals surface area contributed by atoms with E-state index >= 15 is 0 Å². The Hall–Kier alpha value is -1.67. The molecule has 0 amide bonds. The number of morpholine rings is 1. The fourth-order valence-electron chi connectivity index (χ4n) is 2.57. The first kappa shape index (κ1) is 16.8. The van der Waals surface area contributed by atoms with E-state index < -0.39 is 0 Å². The molecule has 1 saturated heterocycles. The Morgan fingerprint density at radius 2 is 1.72 bits per heavy atom. The van der Waals surface area contributed by atoms with Crippen LogP contribution in [0.1, 0.15) is 0 Å². The molecule has 0 aliphatic carbocycles. The molecule has 2 aromatic heterocycles. The number of aromatic nitrogens is 4. The Kier molecular flexibility index (Phi) is 4.89. The van der Waals surface area contributed by atoms with Gasteiger partial charge in [0.05, 0.1) is 13.2 Å². The van der Waals surface area contributed by atoms with Crippen molar-refractivity contribution in [3.8, 4) is 0 Å². The third kappa shape index (κ3) is 3.64. The Labute approximate surface area is 158 Å². The van der Waals surface area contributed by atoms with E-state index in [0.717, 1.165) is 28.8 Å². The average Bonchev–Trinajstić information content (AvgIpc) is 2.64. The van der Waals surface area contributed by atoms with Gasteiger partial charge in [-0.2, -0.15) is 4.98 Å². The van der Waals surface area contributed by atoms with E-state index in [-0.39, 0.29) is 5.28 Å². The van der Waals surface area contributed by atoms with E-state index in [4.69, 9.17) is 27.9 Å². The fraction of sp³-hybridized carbons (Fsp3) is 0.250. The average molecular weight is 394 g/mol. The van der Waals surface area contributed by atoms with Crippen molar-refractivity contribution >= 4 is 51.8 Å². The second kappa shape index (κ2) is 7.29. The van der Waals surface area contributed by atoms with Crippen LogP contribution >= 0.6 is 35.0 Å². The fourth-order valence-corrected chi connectivity index (χ4v) is 3.69. The van der Waals surface area contributed by atoms with Crippen LogP contribution in [-0.4, -0.2) is 46.2 Å². The van der Waals surface area contributed by atoms with Gasteiger partial charge in [0.1, 0.15) is 22.4 Å². The lowest BCUT2D eigenvalue weighted by Crippen LogP contribution is -2.37. The number of anilines is 1. The smallest absolute Gasteiger partial charge is 0.225 e. The van der Waals surface area contributed by atoms with Gasteiger partial charge >= 0.3 is 0 Å². The largest absolute Gasteiger partial charge is 0.378 e. The number of halogens is 2. The molecule has 1 fully saturated rings. The maximum Gasteiger partial charge on any atom is 0.225 e. The number of hydrogen-bond acceptors (Lipinski definition) is 7. The molecule has 1 aliphatic rings. The van der Waals surface area contributed by atoms with Gasteiger partial charge in [-0.15, -0.1) is 0 Å². The lowest BCUT2D eigenvalue weighted by Gasteiger charge is -2.28. The summed E-state index contributed by atoms with van der Waals surface area (Å²) >= 11 is 13.6. The van der Waals surface area contributed by atoms with Gasteiger partial charge in [-0.1, -0.05) is 23.4 Å². The molecule has 0 spiro atoms. The third-order valence-corrected chi connectivity index (χ3v) is 5.16. The standard InChI is InChI=1S/C16H13Cl2N5OS/c17-10-1-3-11(4-2-10)25-15-13-12(19-9-20-15)14(22-16(18)21-13)23-5-7-24-8-6-23/h1-4,9H,5-8H2. The van der Waals surface area contributed by atoms with Gasteiger partial charge < -0.3 is 9.64 Å². The summed E-state index contributed by atoms with van der Waals surface area (Å²) in [6.07, 6.45) is 1.53. The van der Waals surface area contributed by atoms with E-state index in [1.165, 1.54) is 18.1 Å². The SMILES string of the molecule is Clc1ccc(Sc2ncnc3c(N4CCOCC4)nc(Cl)nc23)cc1. The molecule has 3 aromatic rings. The highest BCUT2D eigenvalue weighted by atomic mass is 35.5. The van der Waals surface area contributed by atoms with E-state index in [1.807, 2.05) is 24.3 Å². The molecule has 0 unspecified atom stereocenters. The van der Waals surface area contributed by atoms with Crippen molar-refractivity contribution in [1.82, 2.24) is 19.9 Å². The molecular formula is C16H13Cl2N5OS. The summed E-state index contributed by atoms with van der Waals surface area (Å²) in [6, 6.07) is 7.56. The molecule has 0 saturated carbocycles. The zero-order valence-electron chi connectivity index (χ0n) is 13.0. The lowest BCUT2D eigenvalue weighted by atomic mass is 10.3. The monoisotopic (exact) mass is 393 g/mol. The minimum Gasteiger partial charge on any atom is -0.378 e. The number of hydrogen-bond donors (Lipinski definition) is 0. The van der Waals surface area contributed by atoms with Crippen molar-refractivity contribution in [3.63, 3.8) is 0 Å². The van der Waals surface area contributed by atoms with Crippen molar-refractivity contribution in [2.24, 2.45) is 0 Å². The molecule has 9 heteroatoms. The predicted octanol–water partition coefficient (Wildman–Crippen LogP) is 3.71. The third-order valence-electron chi connectivity index (χ3n) is 3.74. The summed E-state index contributed by atoms with van der Waals surface area (Å²) in [4.78, 5) is 20.7. The van der Waals surface area contributed by atoms with Crippen molar-refractivity contribution in [1.29, 1.82) is 0 Å². The van der Waals surface area contributed by atoms with Crippen LogP contribution in [0.5, 0.6) is 0 Å². The highest BCUT2D eigenvalue weighted by molar-refractivity contribution is 7.99. The van der Waals surface area contributed by atoms with Gasteiger partial charge in [0.15, 0.2) is 5.82 Å². The van der Waals surface area contributed by atoms with Crippen LogP contribution in [-0.2, 0) is 4.74 Å². The molecule has 1 aromatic carbocycles. The number of ether oxygens (including phenoxy) is 1. The predicted molar refractivity (Wildman–Crippen MR) is 98.7 cm³/mol. The quantitative estimate of drug-likeness (QED) is 0.496. The summed E-state index contributed by atoms with van der Waals surface area (Å²) in [6.45, 7) is 2.79. The number of benzene rings is 1. The zero-order valence-corrected chi connectivity index (χ0v) is 15.4. The molecular weight excluding hydrogens is 381 g/mol. The Bertz CT molecular complexity index is 903. The van der Waals surface area contributed by atoms with Crippen LogP contribution in [0.2, 0.25) is 10.3 Å². The second-order valence-corrected chi connectivity index (χ2v) is 7.18. The summed E-state index contributed by atoms with van der Waals surface area (Å²) in [5.41, 5.74) is 1.33. The summed E-state index contributed by atoms with van der Waals surface area (Å²) in [5.74, 6) is 0.721. The lowest BCUT2D eigenvalue weighted by molar-refractivity contribution is 0.122. The molecule has 6 nitrogen and oxygen atoms in total. The topological polar surface area (TPSA) is 64.0 Å².